The van der Waals surface area contributed by atoms with Gasteiger partial charge in [-0.3, -0.25) is 0 Å². The Morgan fingerprint density at radius 3 is 1.94 bits per heavy atom. The molecule has 1 heterocycles. The second-order valence-electron chi connectivity index (χ2n) is 5.48. The van der Waals surface area contributed by atoms with Crippen molar-refractivity contribution in [2.75, 3.05) is 13.2 Å². The van der Waals surface area contributed by atoms with Gasteiger partial charge in [-0.2, -0.15) is 0 Å². The Morgan fingerprint density at radius 1 is 0.824 bits per heavy atom. The van der Waals surface area contributed by atoms with E-state index in [4.69, 9.17) is 4.74 Å². The van der Waals surface area contributed by atoms with Crippen molar-refractivity contribution in [3.05, 3.63) is 5.92 Å². The summed E-state index contributed by atoms with van der Waals surface area (Å²) >= 11 is 0. The first-order chi connectivity index (χ1) is 8.43. The molecule has 1 saturated heterocycles. The van der Waals surface area contributed by atoms with Crippen molar-refractivity contribution in [3.63, 3.8) is 0 Å². The molecule has 0 unspecified atom stereocenters. The molecule has 1 aliphatic rings. The predicted molar refractivity (Wildman–Crippen MR) is 75.1 cm³/mol. The van der Waals surface area contributed by atoms with Crippen LogP contribution in [0.25, 0.3) is 0 Å². The summed E-state index contributed by atoms with van der Waals surface area (Å²) in [5.41, 5.74) is 0. The van der Waals surface area contributed by atoms with Crippen LogP contribution in [-0.2, 0) is 4.74 Å². The molecule has 1 radical (unpaired) electrons. The molecule has 0 aromatic heterocycles. The average molecular weight is 239 g/mol. The summed E-state index contributed by atoms with van der Waals surface area (Å²) in [5.74, 6) is 1.66. The molecular weight excluding hydrogens is 208 g/mol. The van der Waals surface area contributed by atoms with E-state index in [1.54, 1.807) is 5.92 Å². The molecule has 1 aliphatic heterocycles. The fraction of sp³-hybridized carbons (Fsp3) is 0.938. The molecule has 0 N–H and O–H groups in total. The summed E-state index contributed by atoms with van der Waals surface area (Å²) in [6.45, 7) is 4.22. The van der Waals surface area contributed by atoms with E-state index in [1.807, 2.05) is 0 Å². The third-order valence-corrected chi connectivity index (χ3v) is 3.79. The molecule has 0 aliphatic carbocycles. The number of hydrogen-bond donors (Lipinski definition) is 0. The van der Waals surface area contributed by atoms with Gasteiger partial charge in [0.25, 0.3) is 0 Å². The lowest BCUT2D eigenvalue weighted by Crippen LogP contribution is -1.95. The maximum Gasteiger partial charge on any atom is 0.0529 e. The van der Waals surface area contributed by atoms with Crippen LogP contribution >= 0.6 is 0 Å². The average Bonchev–Trinajstić information content (AvgIpc) is 2.85. The number of hydrogen-bond acceptors (Lipinski definition) is 1. The minimum Gasteiger partial charge on any atom is -0.381 e. The zero-order chi connectivity index (χ0) is 12.2. The highest BCUT2D eigenvalue weighted by Gasteiger charge is 2.14. The Morgan fingerprint density at radius 2 is 1.41 bits per heavy atom. The number of unbranched alkanes of at least 4 members (excludes halogenated alkanes) is 9. The molecule has 1 heteroatoms. The van der Waals surface area contributed by atoms with Crippen molar-refractivity contribution in [2.24, 2.45) is 0 Å². The Labute approximate surface area is 108 Å². The summed E-state index contributed by atoms with van der Waals surface area (Å²) in [6, 6.07) is 0. The third kappa shape index (κ3) is 8.65. The van der Waals surface area contributed by atoms with Crippen LogP contribution in [0.4, 0.5) is 0 Å². The Hall–Kier alpha value is -0.0400. The lowest BCUT2D eigenvalue weighted by molar-refractivity contribution is 0.200. The molecule has 0 aromatic carbocycles. The highest BCUT2D eigenvalue weighted by Crippen LogP contribution is 2.22. The van der Waals surface area contributed by atoms with Crippen LogP contribution in [0.3, 0.4) is 0 Å². The van der Waals surface area contributed by atoms with Crippen LogP contribution in [0.5, 0.6) is 0 Å². The number of ether oxygens (including phenoxy) is 1. The van der Waals surface area contributed by atoms with Crippen LogP contribution in [0.1, 0.15) is 84.0 Å². The molecule has 1 rings (SSSR count). The first kappa shape index (κ1) is 15.0. The predicted octanol–water partition coefficient (Wildman–Crippen LogP) is 5.29. The second kappa shape index (κ2) is 11.1. The largest absolute Gasteiger partial charge is 0.381 e. The SMILES string of the molecule is CCCCCCCCCCCC[C]1CCOC1. The molecule has 0 atom stereocenters. The van der Waals surface area contributed by atoms with Gasteiger partial charge in [0.2, 0.25) is 0 Å². The summed E-state index contributed by atoms with van der Waals surface area (Å²) < 4.78 is 5.36. The highest BCUT2D eigenvalue weighted by atomic mass is 16.5. The van der Waals surface area contributed by atoms with Gasteiger partial charge in [0.05, 0.1) is 6.61 Å². The number of rotatable bonds is 11. The van der Waals surface area contributed by atoms with Gasteiger partial charge in [-0.15, -0.1) is 0 Å². The van der Waals surface area contributed by atoms with E-state index < -0.39 is 0 Å². The smallest absolute Gasteiger partial charge is 0.0529 e. The molecule has 0 amide bonds. The van der Waals surface area contributed by atoms with Gasteiger partial charge in [0.15, 0.2) is 0 Å². The van der Waals surface area contributed by atoms with Crippen molar-refractivity contribution in [1.82, 2.24) is 0 Å². The Bertz CT molecular complexity index is 150. The van der Waals surface area contributed by atoms with E-state index in [0.29, 0.717) is 0 Å². The van der Waals surface area contributed by atoms with Crippen molar-refractivity contribution in [1.29, 1.82) is 0 Å². The Balaban J connectivity index is 1.69. The van der Waals surface area contributed by atoms with Gasteiger partial charge in [-0.1, -0.05) is 71.1 Å². The molecular formula is C16H31O. The zero-order valence-corrected chi connectivity index (χ0v) is 11.8. The summed E-state index contributed by atoms with van der Waals surface area (Å²) in [5, 5.41) is 0. The molecule has 0 spiro atoms. The maximum absolute atomic E-state index is 5.36. The third-order valence-electron chi connectivity index (χ3n) is 3.79. The fourth-order valence-electron chi connectivity index (χ4n) is 2.56. The van der Waals surface area contributed by atoms with E-state index in [9.17, 15) is 0 Å². The van der Waals surface area contributed by atoms with E-state index >= 15 is 0 Å². The van der Waals surface area contributed by atoms with Gasteiger partial charge < -0.3 is 4.74 Å². The summed E-state index contributed by atoms with van der Waals surface area (Å²) in [4.78, 5) is 0. The quantitative estimate of drug-likeness (QED) is 0.445. The normalized spacial score (nSPS) is 16.8. The van der Waals surface area contributed by atoms with E-state index in [-0.39, 0.29) is 0 Å². The summed E-state index contributed by atoms with van der Waals surface area (Å²) in [7, 11) is 0. The Kier molecular flexibility index (Phi) is 9.78. The van der Waals surface area contributed by atoms with Crippen molar-refractivity contribution in [2.45, 2.75) is 84.0 Å². The highest BCUT2D eigenvalue weighted by molar-refractivity contribution is 4.92. The van der Waals surface area contributed by atoms with E-state index in [2.05, 4.69) is 6.92 Å². The van der Waals surface area contributed by atoms with Crippen molar-refractivity contribution in [3.8, 4) is 0 Å². The standard InChI is InChI=1S/C16H31O/c1-2-3-4-5-6-7-8-9-10-11-12-16-13-14-17-15-16/h2-15H2,1H3. The van der Waals surface area contributed by atoms with Gasteiger partial charge in [0, 0.05) is 12.5 Å². The lowest BCUT2D eigenvalue weighted by atomic mass is 9.99. The van der Waals surface area contributed by atoms with Crippen molar-refractivity contribution >= 4 is 0 Å². The first-order valence-electron chi connectivity index (χ1n) is 7.85. The van der Waals surface area contributed by atoms with Gasteiger partial charge in [-0.05, 0) is 12.8 Å². The summed E-state index contributed by atoms with van der Waals surface area (Å²) in [6.07, 6.45) is 16.9. The molecule has 0 saturated carbocycles. The minimum absolute atomic E-state index is 0.956. The molecule has 1 fully saturated rings. The van der Waals surface area contributed by atoms with Gasteiger partial charge >= 0.3 is 0 Å². The molecule has 0 aromatic rings. The van der Waals surface area contributed by atoms with Crippen LogP contribution in [0.2, 0.25) is 0 Å². The van der Waals surface area contributed by atoms with Crippen LogP contribution in [0.15, 0.2) is 0 Å². The zero-order valence-electron chi connectivity index (χ0n) is 11.8. The van der Waals surface area contributed by atoms with Crippen LogP contribution in [0, 0.1) is 5.92 Å². The minimum atomic E-state index is 0.956. The van der Waals surface area contributed by atoms with Crippen molar-refractivity contribution < 1.29 is 4.74 Å². The second-order valence-corrected chi connectivity index (χ2v) is 5.48. The van der Waals surface area contributed by atoms with Crippen LogP contribution in [-0.4, -0.2) is 13.2 Å². The first-order valence-corrected chi connectivity index (χ1v) is 7.85. The molecule has 0 bridgehead atoms. The van der Waals surface area contributed by atoms with Crippen LogP contribution < -0.4 is 0 Å². The van der Waals surface area contributed by atoms with Gasteiger partial charge in [-0.25, -0.2) is 0 Å². The molecule has 101 valence electrons. The van der Waals surface area contributed by atoms with E-state index in [0.717, 1.165) is 13.2 Å². The lowest BCUT2D eigenvalue weighted by Gasteiger charge is -2.06. The topological polar surface area (TPSA) is 9.23 Å². The monoisotopic (exact) mass is 239 g/mol. The molecule has 17 heavy (non-hydrogen) atoms. The van der Waals surface area contributed by atoms with Gasteiger partial charge in [0.1, 0.15) is 0 Å². The molecule has 1 nitrogen and oxygen atoms in total. The maximum atomic E-state index is 5.36. The van der Waals surface area contributed by atoms with E-state index in [1.165, 1.54) is 77.0 Å². The fourth-order valence-corrected chi connectivity index (χ4v) is 2.56.